The van der Waals surface area contributed by atoms with E-state index < -0.39 is 9.84 Å². The Hall–Kier alpha value is -0.470. The van der Waals surface area contributed by atoms with Gasteiger partial charge < -0.3 is 11.1 Å². The first-order valence-corrected chi connectivity index (χ1v) is 8.70. The molecule has 0 spiro atoms. The van der Waals surface area contributed by atoms with Crippen LogP contribution < -0.4 is 11.1 Å². The van der Waals surface area contributed by atoms with E-state index in [4.69, 9.17) is 5.73 Å². The zero-order valence-corrected chi connectivity index (χ0v) is 11.6. The highest BCUT2D eigenvalue weighted by molar-refractivity contribution is 7.98. The molecule has 0 bridgehead atoms. The van der Waals surface area contributed by atoms with Crippen molar-refractivity contribution in [1.29, 1.82) is 0 Å². The Bertz CT molecular complexity index is 441. The lowest BCUT2D eigenvalue weighted by molar-refractivity contribution is 0.602. The lowest BCUT2D eigenvalue weighted by Crippen LogP contribution is -2.07. The third kappa shape index (κ3) is 3.53. The Balaban J connectivity index is 2.74. The predicted molar refractivity (Wildman–Crippen MR) is 71.1 cm³/mol. The van der Waals surface area contributed by atoms with E-state index in [2.05, 4.69) is 9.69 Å². The number of nitrogens with one attached hydrogen (secondary N) is 1. The van der Waals surface area contributed by atoms with Crippen LogP contribution in [0.5, 0.6) is 0 Å². The molecule has 0 saturated carbocycles. The highest BCUT2D eigenvalue weighted by atomic mass is 32.2. The molecule has 0 aliphatic heterocycles. The van der Waals surface area contributed by atoms with Crippen molar-refractivity contribution in [2.45, 2.75) is 11.3 Å². The minimum absolute atomic E-state index is 0.0832. The molecule has 0 fully saturated rings. The SMILES string of the molecule is CSCCCNc1snc(N)c1S(C)(=O)=O. The van der Waals surface area contributed by atoms with Crippen LogP contribution in [-0.4, -0.2) is 37.6 Å². The summed E-state index contributed by atoms with van der Waals surface area (Å²) in [6.07, 6.45) is 4.15. The maximum Gasteiger partial charge on any atom is 0.182 e. The van der Waals surface area contributed by atoms with Crippen molar-refractivity contribution in [3.05, 3.63) is 0 Å². The Morgan fingerprint density at radius 1 is 1.56 bits per heavy atom. The third-order valence-electron chi connectivity index (χ3n) is 1.86. The molecule has 1 aromatic rings. The monoisotopic (exact) mass is 281 g/mol. The second kappa shape index (κ2) is 5.74. The highest BCUT2D eigenvalue weighted by Crippen LogP contribution is 2.31. The third-order valence-corrected chi connectivity index (χ3v) is 4.66. The maximum absolute atomic E-state index is 11.5. The summed E-state index contributed by atoms with van der Waals surface area (Å²) >= 11 is 2.85. The minimum Gasteiger partial charge on any atom is -0.382 e. The highest BCUT2D eigenvalue weighted by Gasteiger charge is 2.20. The van der Waals surface area contributed by atoms with E-state index in [0.29, 0.717) is 5.00 Å². The minimum atomic E-state index is -3.31. The predicted octanol–water partition coefficient (Wildman–Crippen LogP) is 1.29. The molecule has 3 N–H and O–H groups in total. The standard InChI is InChI=1S/C8H15N3O2S3/c1-14-5-3-4-10-8-6(16(2,12)13)7(9)11-15-8/h10H,3-5H2,1-2H3,(H2,9,11). The molecule has 0 amide bonds. The second-order valence-corrected chi connectivity index (χ2v) is 6.98. The first kappa shape index (κ1) is 13.6. The van der Waals surface area contributed by atoms with Crippen LogP contribution in [0.15, 0.2) is 4.90 Å². The summed E-state index contributed by atoms with van der Waals surface area (Å²) in [6, 6.07) is 0. The molecule has 0 atom stereocenters. The molecular weight excluding hydrogens is 266 g/mol. The maximum atomic E-state index is 11.5. The van der Waals surface area contributed by atoms with Gasteiger partial charge in [0, 0.05) is 12.8 Å². The van der Waals surface area contributed by atoms with Gasteiger partial charge >= 0.3 is 0 Å². The summed E-state index contributed by atoms with van der Waals surface area (Å²) in [6.45, 7) is 0.727. The molecule has 8 heteroatoms. The lowest BCUT2D eigenvalue weighted by atomic mass is 10.5. The molecule has 0 aromatic carbocycles. The summed E-state index contributed by atoms with van der Waals surface area (Å²) in [7, 11) is -3.31. The van der Waals surface area contributed by atoms with Crippen molar-refractivity contribution in [3.8, 4) is 0 Å². The Labute approximate surface area is 104 Å². The summed E-state index contributed by atoms with van der Waals surface area (Å²) in [4.78, 5) is 0.127. The molecule has 1 aromatic heterocycles. The number of nitrogens with zero attached hydrogens (tertiary/aromatic N) is 1. The zero-order valence-electron chi connectivity index (χ0n) is 9.19. The van der Waals surface area contributed by atoms with Gasteiger partial charge in [-0.2, -0.15) is 16.1 Å². The van der Waals surface area contributed by atoms with Gasteiger partial charge in [-0.25, -0.2) is 8.42 Å². The van der Waals surface area contributed by atoms with Gasteiger partial charge in [0.15, 0.2) is 15.7 Å². The van der Waals surface area contributed by atoms with Gasteiger partial charge in [0.1, 0.15) is 9.90 Å². The fourth-order valence-electron chi connectivity index (χ4n) is 1.18. The van der Waals surface area contributed by atoms with Crippen molar-refractivity contribution < 1.29 is 8.42 Å². The summed E-state index contributed by atoms with van der Waals surface area (Å²) in [5.41, 5.74) is 5.53. The Morgan fingerprint density at radius 2 is 2.25 bits per heavy atom. The molecule has 0 saturated heterocycles. The molecule has 1 heterocycles. The second-order valence-electron chi connectivity index (χ2n) is 3.27. The van der Waals surface area contributed by atoms with E-state index in [-0.39, 0.29) is 10.7 Å². The van der Waals surface area contributed by atoms with Crippen LogP contribution in [0.25, 0.3) is 0 Å². The molecule has 0 radical (unpaired) electrons. The van der Waals surface area contributed by atoms with Crippen LogP contribution in [0.3, 0.4) is 0 Å². The molecule has 0 aliphatic rings. The van der Waals surface area contributed by atoms with Gasteiger partial charge in [-0.1, -0.05) is 0 Å². The number of nitrogens with two attached hydrogens (primary N) is 1. The van der Waals surface area contributed by atoms with Gasteiger partial charge in [-0.15, -0.1) is 0 Å². The zero-order chi connectivity index (χ0) is 12.2. The van der Waals surface area contributed by atoms with Crippen LogP contribution in [0, 0.1) is 0 Å². The van der Waals surface area contributed by atoms with Crippen LogP contribution in [0.2, 0.25) is 0 Å². The Kier molecular flexibility index (Phi) is 4.88. The largest absolute Gasteiger partial charge is 0.382 e. The van der Waals surface area contributed by atoms with Crippen molar-refractivity contribution in [2.75, 3.05) is 35.9 Å². The molecule has 0 aliphatic carbocycles. The molecular formula is C8H15N3O2S3. The summed E-state index contributed by atoms with van der Waals surface area (Å²) in [5.74, 6) is 1.12. The number of hydrogen-bond donors (Lipinski definition) is 2. The first-order chi connectivity index (χ1) is 7.46. The van der Waals surface area contributed by atoms with E-state index in [1.807, 2.05) is 6.26 Å². The molecule has 0 unspecified atom stereocenters. The summed E-state index contributed by atoms with van der Waals surface area (Å²) in [5, 5.41) is 3.60. The fourth-order valence-corrected chi connectivity index (χ4v) is 3.71. The normalized spacial score (nSPS) is 11.6. The first-order valence-electron chi connectivity index (χ1n) is 4.65. The van der Waals surface area contributed by atoms with Crippen molar-refractivity contribution >= 4 is 44.0 Å². The van der Waals surface area contributed by atoms with Gasteiger partial charge in [-0.05, 0) is 30.0 Å². The van der Waals surface area contributed by atoms with Crippen molar-refractivity contribution in [1.82, 2.24) is 4.37 Å². The van der Waals surface area contributed by atoms with E-state index >= 15 is 0 Å². The van der Waals surface area contributed by atoms with E-state index in [1.54, 1.807) is 11.8 Å². The number of sulfone groups is 1. The van der Waals surface area contributed by atoms with E-state index in [0.717, 1.165) is 36.5 Å². The van der Waals surface area contributed by atoms with Crippen LogP contribution in [-0.2, 0) is 9.84 Å². The average Bonchev–Trinajstić information content (AvgIpc) is 2.54. The van der Waals surface area contributed by atoms with E-state index in [1.165, 1.54) is 0 Å². The van der Waals surface area contributed by atoms with Crippen LogP contribution in [0.1, 0.15) is 6.42 Å². The van der Waals surface area contributed by atoms with Crippen molar-refractivity contribution in [2.24, 2.45) is 0 Å². The van der Waals surface area contributed by atoms with Gasteiger partial charge in [-0.3, -0.25) is 0 Å². The number of anilines is 2. The Morgan fingerprint density at radius 3 is 2.81 bits per heavy atom. The quantitative estimate of drug-likeness (QED) is 0.764. The van der Waals surface area contributed by atoms with Gasteiger partial charge in [0.2, 0.25) is 0 Å². The average molecular weight is 281 g/mol. The molecule has 1 rings (SSSR count). The molecule has 92 valence electrons. The lowest BCUT2D eigenvalue weighted by Gasteiger charge is -2.04. The van der Waals surface area contributed by atoms with Gasteiger partial charge in [0.05, 0.1) is 0 Å². The smallest absolute Gasteiger partial charge is 0.182 e. The molecule has 5 nitrogen and oxygen atoms in total. The fraction of sp³-hybridized carbons (Fsp3) is 0.625. The number of hydrogen-bond acceptors (Lipinski definition) is 7. The van der Waals surface area contributed by atoms with Crippen LogP contribution >= 0.6 is 23.3 Å². The number of thioether (sulfide) groups is 1. The van der Waals surface area contributed by atoms with Crippen LogP contribution in [0.4, 0.5) is 10.8 Å². The summed E-state index contributed by atoms with van der Waals surface area (Å²) < 4.78 is 26.8. The topological polar surface area (TPSA) is 85.1 Å². The number of rotatable bonds is 6. The molecule has 16 heavy (non-hydrogen) atoms. The van der Waals surface area contributed by atoms with E-state index in [9.17, 15) is 8.42 Å². The van der Waals surface area contributed by atoms with Gasteiger partial charge in [0.25, 0.3) is 0 Å². The van der Waals surface area contributed by atoms with Crippen molar-refractivity contribution in [3.63, 3.8) is 0 Å². The number of aromatic nitrogens is 1. The number of nitrogen functional groups attached to an aromatic ring is 1.